The molecule has 2 saturated heterocycles. The summed E-state index contributed by atoms with van der Waals surface area (Å²) >= 11 is 0. The Morgan fingerprint density at radius 2 is 2.20 bits per heavy atom. The average molecular weight is 211 g/mol. The zero-order valence-corrected chi connectivity index (χ0v) is 8.98. The smallest absolute Gasteiger partial charge is 0.246 e. The van der Waals surface area contributed by atoms with Gasteiger partial charge in [-0.15, -0.1) is 0 Å². The molecule has 2 fully saturated rings. The lowest BCUT2D eigenvalue weighted by molar-refractivity contribution is -0.137. The normalized spacial score (nSPS) is 33.1. The van der Waals surface area contributed by atoms with E-state index in [0.29, 0.717) is 18.9 Å². The first-order valence-corrected chi connectivity index (χ1v) is 5.38. The molecule has 15 heavy (non-hydrogen) atoms. The number of likely N-dealkylation sites (tertiary alicyclic amines) is 2. The lowest BCUT2D eigenvalue weighted by Crippen LogP contribution is -2.40. The van der Waals surface area contributed by atoms with Crippen LogP contribution in [0.15, 0.2) is 0 Å². The standard InChI is InChI=1S/C10H17N3O2/c1-12-9(14)4-8(10(12)15)13-3-2-7(5-11)6-13/h7-8H,2-6,11H2,1H3. The van der Waals surface area contributed by atoms with Crippen LogP contribution in [0, 0.1) is 5.92 Å². The molecule has 2 unspecified atom stereocenters. The Hall–Kier alpha value is -0.940. The van der Waals surface area contributed by atoms with Crippen LogP contribution in [0.4, 0.5) is 0 Å². The number of nitrogens with zero attached hydrogens (tertiary/aromatic N) is 2. The van der Waals surface area contributed by atoms with E-state index in [1.807, 2.05) is 0 Å². The van der Waals surface area contributed by atoms with E-state index in [0.717, 1.165) is 19.5 Å². The molecule has 5 nitrogen and oxygen atoms in total. The van der Waals surface area contributed by atoms with E-state index in [1.165, 1.54) is 4.90 Å². The monoisotopic (exact) mass is 211 g/mol. The molecule has 2 aliphatic heterocycles. The Labute approximate surface area is 89.2 Å². The maximum absolute atomic E-state index is 11.7. The molecule has 5 heteroatoms. The Morgan fingerprint density at radius 1 is 1.47 bits per heavy atom. The first kappa shape index (κ1) is 10.6. The van der Waals surface area contributed by atoms with Gasteiger partial charge in [0.05, 0.1) is 12.5 Å². The molecule has 84 valence electrons. The van der Waals surface area contributed by atoms with Gasteiger partial charge in [-0.2, -0.15) is 0 Å². The summed E-state index contributed by atoms with van der Waals surface area (Å²) in [6.07, 6.45) is 1.38. The molecule has 2 N–H and O–H groups in total. The molecular weight excluding hydrogens is 194 g/mol. The first-order chi connectivity index (χ1) is 7.13. The number of carbonyl (C=O) groups excluding carboxylic acids is 2. The van der Waals surface area contributed by atoms with Gasteiger partial charge < -0.3 is 5.73 Å². The summed E-state index contributed by atoms with van der Waals surface area (Å²) in [5, 5.41) is 0. The number of imide groups is 1. The second-order valence-corrected chi connectivity index (χ2v) is 4.40. The largest absolute Gasteiger partial charge is 0.330 e. The van der Waals surface area contributed by atoms with Gasteiger partial charge in [-0.05, 0) is 25.4 Å². The van der Waals surface area contributed by atoms with Gasteiger partial charge in [0.25, 0.3) is 0 Å². The van der Waals surface area contributed by atoms with E-state index < -0.39 is 0 Å². The summed E-state index contributed by atoms with van der Waals surface area (Å²) in [7, 11) is 1.56. The third-order valence-corrected chi connectivity index (χ3v) is 3.45. The lowest BCUT2D eigenvalue weighted by Gasteiger charge is -2.21. The zero-order valence-electron chi connectivity index (χ0n) is 8.98. The van der Waals surface area contributed by atoms with Gasteiger partial charge in [0.1, 0.15) is 0 Å². The number of nitrogens with two attached hydrogens (primary N) is 1. The van der Waals surface area contributed by atoms with Gasteiger partial charge in [0, 0.05) is 13.6 Å². The van der Waals surface area contributed by atoms with Crippen molar-refractivity contribution in [3.05, 3.63) is 0 Å². The maximum Gasteiger partial charge on any atom is 0.246 e. The molecule has 2 amide bonds. The molecule has 0 aliphatic carbocycles. The Morgan fingerprint density at radius 3 is 2.67 bits per heavy atom. The Kier molecular flexibility index (Phi) is 2.75. The van der Waals surface area contributed by atoms with E-state index >= 15 is 0 Å². The van der Waals surface area contributed by atoms with Crippen molar-refractivity contribution in [3.63, 3.8) is 0 Å². The second kappa shape index (κ2) is 3.90. The minimum Gasteiger partial charge on any atom is -0.330 e. The highest BCUT2D eigenvalue weighted by Crippen LogP contribution is 2.24. The van der Waals surface area contributed by atoms with Crippen LogP contribution in [-0.2, 0) is 9.59 Å². The third kappa shape index (κ3) is 1.77. The molecule has 0 bridgehead atoms. The van der Waals surface area contributed by atoms with Gasteiger partial charge in [0.15, 0.2) is 0 Å². The summed E-state index contributed by atoms with van der Waals surface area (Å²) < 4.78 is 0. The molecule has 0 aromatic heterocycles. The molecule has 0 spiro atoms. The fourth-order valence-corrected chi connectivity index (χ4v) is 2.36. The van der Waals surface area contributed by atoms with E-state index in [4.69, 9.17) is 5.73 Å². The van der Waals surface area contributed by atoms with Gasteiger partial charge >= 0.3 is 0 Å². The lowest BCUT2D eigenvalue weighted by atomic mass is 10.1. The zero-order chi connectivity index (χ0) is 11.0. The fraction of sp³-hybridized carbons (Fsp3) is 0.800. The summed E-state index contributed by atoms with van der Waals surface area (Å²) in [4.78, 5) is 26.4. The average Bonchev–Trinajstić information content (AvgIpc) is 2.79. The van der Waals surface area contributed by atoms with Crippen LogP contribution in [0.5, 0.6) is 0 Å². The van der Waals surface area contributed by atoms with Crippen molar-refractivity contribution in [2.24, 2.45) is 11.7 Å². The van der Waals surface area contributed by atoms with Crippen LogP contribution in [0.25, 0.3) is 0 Å². The van der Waals surface area contributed by atoms with Crippen molar-refractivity contribution in [2.45, 2.75) is 18.9 Å². The molecular formula is C10H17N3O2. The second-order valence-electron chi connectivity index (χ2n) is 4.40. The summed E-state index contributed by atoms with van der Waals surface area (Å²) in [5.74, 6) is 0.359. The highest BCUT2D eigenvalue weighted by molar-refractivity contribution is 6.05. The van der Waals surface area contributed by atoms with Crippen molar-refractivity contribution in [1.82, 2.24) is 9.80 Å². The molecule has 0 radical (unpaired) electrons. The van der Waals surface area contributed by atoms with Gasteiger partial charge in [-0.3, -0.25) is 19.4 Å². The van der Waals surface area contributed by atoms with Crippen LogP contribution in [0.2, 0.25) is 0 Å². The highest BCUT2D eigenvalue weighted by atomic mass is 16.2. The SMILES string of the molecule is CN1C(=O)CC(N2CCC(CN)C2)C1=O. The molecule has 2 atom stereocenters. The van der Waals surface area contributed by atoms with Crippen LogP contribution in [0.3, 0.4) is 0 Å². The van der Waals surface area contributed by atoms with Crippen molar-refractivity contribution < 1.29 is 9.59 Å². The van der Waals surface area contributed by atoms with Gasteiger partial charge in [-0.1, -0.05) is 0 Å². The van der Waals surface area contributed by atoms with Crippen molar-refractivity contribution in [3.8, 4) is 0 Å². The number of amides is 2. The minimum atomic E-state index is -0.223. The van der Waals surface area contributed by atoms with Gasteiger partial charge in [-0.25, -0.2) is 0 Å². The van der Waals surface area contributed by atoms with E-state index in [9.17, 15) is 9.59 Å². The van der Waals surface area contributed by atoms with Crippen molar-refractivity contribution in [2.75, 3.05) is 26.7 Å². The van der Waals surface area contributed by atoms with Crippen molar-refractivity contribution in [1.29, 1.82) is 0 Å². The quantitative estimate of drug-likeness (QED) is 0.596. The van der Waals surface area contributed by atoms with Crippen LogP contribution < -0.4 is 5.73 Å². The third-order valence-electron chi connectivity index (χ3n) is 3.45. The minimum absolute atomic E-state index is 0.0577. The van der Waals surface area contributed by atoms with Crippen molar-refractivity contribution >= 4 is 11.8 Å². The number of hydrogen-bond donors (Lipinski definition) is 1. The maximum atomic E-state index is 11.7. The molecule has 0 saturated carbocycles. The Bertz CT molecular complexity index is 292. The van der Waals surface area contributed by atoms with Gasteiger partial charge in [0.2, 0.25) is 11.8 Å². The van der Waals surface area contributed by atoms with Crippen LogP contribution in [0.1, 0.15) is 12.8 Å². The van der Waals surface area contributed by atoms with Crippen LogP contribution in [-0.4, -0.2) is 54.3 Å². The fourth-order valence-electron chi connectivity index (χ4n) is 2.36. The number of carbonyl (C=O) groups is 2. The summed E-state index contributed by atoms with van der Waals surface area (Å²) in [6, 6.07) is -0.223. The first-order valence-electron chi connectivity index (χ1n) is 5.38. The van der Waals surface area contributed by atoms with E-state index in [-0.39, 0.29) is 17.9 Å². The molecule has 2 rings (SSSR count). The summed E-state index contributed by atoms with van der Waals surface area (Å²) in [5.41, 5.74) is 5.59. The number of rotatable bonds is 2. The predicted molar refractivity (Wildman–Crippen MR) is 54.9 cm³/mol. The molecule has 2 aliphatic rings. The highest BCUT2D eigenvalue weighted by Gasteiger charge is 2.41. The van der Waals surface area contributed by atoms with E-state index in [2.05, 4.69) is 4.90 Å². The topological polar surface area (TPSA) is 66.6 Å². The molecule has 0 aromatic rings. The number of likely N-dealkylation sites (N-methyl/N-ethyl adjacent to an activating group) is 1. The predicted octanol–water partition coefficient (Wildman–Crippen LogP) is -0.976. The molecule has 0 aromatic carbocycles. The Balaban J connectivity index is 2.01. The summed E-state index contributed by atoms with van der Waals surface area (Å²) in [6.45, 7) is 2.41. The molecule has 2 heterocycles. The number of hydrogen-bond acceptors (Lipinski definition) is 4. The van der Waals surface area contributed by atoms with Crippen LogP contribution >= 0.6 is 0 Å². The van der Waals surface area contributed by atoms with E-state index in [1.54, 1.807) is 7.05 Å².